The van der Waals surface area contributed by atoms with E-state index in [0.717, 1.165) is 43.6 Å². The average molecular weight is 259 g/mol. The lowest BCUT2D eigenvalue weighted by Crippen LogP contribution is -2.34. The Balaban J connectivity index is 1.87. The SMILES string of the molecule is CCNc1cc(N2CCn3ccnc3C2)nc(N)n1. The van der Waals surface area contributed by atoms with Gasteiger partial charge in [0.25, 0.3) is 0 Å². The van der Waals surface area contributed by atoms with Crippen LogP contribution in [0.3, 0.4) is 0 Å². The molecule has 100 valence electrons. The Morgan fingerprint density at radius 3 is 3.11 bits per heavy atom. The Morgan fingerprint density at radius 2 is 2.26 bits per heavy atom. The summed E-state index contributed by atoms with van der Waals surface area (Å²) in [5.41, 5.74) is 5.76. The Kier molecular flexibility index (Phi) is 2.94. The van der Waals surface area contributed by atoms with Gasteiger partial charge in [0.05, 0.1) is 6.54 Å². The normalized spacial score (nSPS) is 14.3. The molecule has 0 aromatic carbocycles. The zero-order chi connectivity index (χ0) is 13.2. The van der Waals surface area contributed by atoms with E-state index >= 15 is 0 Å². The number of hydrogen-bond donors (Lipinski definition) is 2. The summed E-state index contributed by atoms with van der Waals surface area (Å²) in [7, 11) is 0. The molecule has 0 amide bonds. The van der Waals surface area contributed by atoms with E-state index in [1.807, 2.05) is 25.4 Å². The summed E-state index contributed by atoms with van der Waals surface area (Å²) < 4.78 is 2.16. The molecule has 3 rings (SSSR count). The van der Waals surface area contributed by atoms with Crippen LogP contribution in [-0.2, 0) is 13.1 Å². The van der Waals surface area contributed by atoms with Gasteiger partial charge in [0.1, 0.15) is 17.5 Å². The van der Waals surface area contributed by atoms with E-state index in [0.29, 0.717) is 5.95 Å². The number of nitrogens with one attached hydrogen (secondary N) is 1. The molecule has 0 saturated carbocycles. The van der Waals surface area contributed by atoms with Crippen LogP contribution in [0.15, 0.2) is 18.5 Å². The summed E-state index contributed by atoms with van der Waals surface area (Å²) in [5, 5.41) is 3.16. The van der Waals surface area contributed by atoms with Crippen LogP contribution in [0, 0.1) is 0 Å². The molecule has 7 nitrogen and oxygen atoms in total. The highest BCUT2D eigenvalue weighted by atomic mass is 15.3. The first-order valence-corrected chi connectivity index (χ1v) is 6.39. The van der Waals surface area contributed by atoms with E-state index in [1.165, 1.54) is 0 Å². The fraction of sp³-hybridized carbons (Fsp3) is 0.417. The van der Waals surface area contributed by atoms with Gasteiger partial charge in [-0.25, -0.2) is 4.98 Å². The van der Waals surface area contributed by atoms with E-state index in [9.17, 15) is 0 Å². The highest BCUT2D eigenvalue weighted by molar-refractivity contribution is 5.52. The highest BCUT2D eigenvalue weighted by Crippen LogP contribution is 2.21. The highest BCUT2D eigenvalue weighted by Gasteiger charge is 2.18. The van der Waals surface area contributed by atoms with Crippen molar-refractivity contribution in [2.45, 2.75) is 20.0 Å². The van der Waals surface area contributed by atoms with Crippen molar-refractivity contribution in [3.05, 3.63) is 24.3 Å². The lowest BCUT2D eigenvalue weighted by Gasteiger charge is -2.28. The molecule has 0 saturated heterocycles. The van der Waals surface area contributed by atoms with Gasteiger partial charge in [0.2, 0.25) is 5.95 Å². The van der Waals surface area contributed by atoms with Gasteiger partial charge in [-0.05, 0) is 6.92 Å². The second-order valence-corrected chi connectivity index (χ2v) is 4.46. The molecular weight excluding hydrogens is 242 g/mol. The van der Waals surface area contributed by atoms with Crippen LogP contribution in [0.25, 0.3) is 0 Å². The van der Waals surface area contributed by atoms with E-state index in [4.69, 9.17) is 5.73 Å². The molecule has 0 fully saturated rings. The van der Waals surface area contributed by atoms with Crippen molar-refractivity contribution in [1.29, 1.82) is 0 Å². The zero-order valence-electron chi connectivity index (χ0n) is 10.9. The molecular formula is C12H17N7. The minimum Gasteiger partial charge on any atom is -0.370 e. The number of anilines is 3. The molecule has 7 heteroatoms. The van der Waals surface area contributed by atoms with E-state index in [2.05, 4.69) is 29.7 Å². The van der Waals surface area contributed by atoms with Crippen molar-refractivity contribution in [2.75, 3.05) is 29.0 Å². The number of aromatic nitrogens is 4. The third-order valence-electron chi connectivity index (χ3n) is 3.16. The number of fused-ring (bicyclic) bond motifs is 1. The molecule has 3 N–H and O–H groups in total. The van der Waals surface area contributed by atoms with Crippen LogP contribution in [-0.4, -0.2) is 32.6 Å². The van der Waals surface area contributed by atoms with E-state index in [-0.39, 0.29) is 0 Å². The topological polar surface area (TPSA) is 84.9 Å². The number of hydrogen-bond acceptors (Lipinski definition) is 6. The first-order valence-electron chi connectivity index (χ1n) is 6.39. The Hall–Kier alpha value is -2.31. The van der Waals surface area contributed by atoms with Crippen LogP contribution in [0.5, 0.6) is 0 Å². The second-order valence-electron chi connectivity index (χ2n) is 4.46. The minimum atomic E-state index is 0.294. The quantitative estimate of drug-likeness (QED) is 0.844. The Labute approximate surface area is 111 Å². The number of imidazole rings is 1. The van der Waals surface area contributed by atoms with Gasteiger partial charge in [0.15, 0.2) is 0 Å². The van der Waals surface area contributed by atoms with Crippen LogP contribution in [0.2, 0.25) is 0 Å². The maximum Gasteiger partial charge on any atom is 0.223 e. The van der Waals surface area contributed by atoms with Gasteiger partial charge in [-0.15, -0.1) is 0 Å². The molecule has 1 aliphatic heterocycles. The average Bonchev–Trinajstić information content (AvgIpc) is 2.85. The van der Waals surface area contributed by atoms with Crippen molar-refractivity contribution in [1.82, 2.24) is 19.5 Å². The number of nitrogen functional groups attached to an aromatic ring is 1. The second kappa shape index (κ2) is 4.75. The van der Waals surface area contributed by atoms with Gasteiger partial charge < -0.3 is 20.5 Å². The van der Waals surface area contributed by atoms with Gasteiger partial charge in [0, 0.05) is 38.1 Å². The van der Waals surface area contributed by atoms with Crippen molar-refractivity contribution in [3.8, 4) is 0 Å². The van der Waals surface area contributed by atoms with Crippen molar-refractivity contribution in [2.24, 2.45) is 0 Å². The van der Waals surface area contributed by atoms with Crippen molar-refractivity contribution < 1.29 is 0 Å². The van der Waals surface area contributed by atoms with Crippen LogP contribution >= 0.6 is 0 Å². The van der Waals surface area contributed by atoms with Gasteiger partial charge in [-0.1, -0.05) is 0 Å². The lowest BCUT2D eigenvalue weighted by atomic mass is 10.3. The molecule has 0 bridgehead atoms. The molecule has 19 heavy (non-hydrogen) atoms. The van der Waals surface area contributed by atoms with Gasteiger partial charge in [-0.3, -0.25) is 0 Å². The van der Waals surface area contributed by atoms with Gasteiger partial charge in [-0.2, -0.15) is 9.97 Å². The molecule has 0 atom stereocenters. The number of rotatable bonds is 3. The summed E-state index contributed by atoms with van der Waals surface area (Å²) in [6.07, 6.45) is 3.84. The summed E-state index contributed by atoms with van der Waals surface area (Å²) in [6, 6.07) is 1.93. The maximum atomic E-state index is 5.76. The third-order valence-corrected chi connectivity index (χ3v) is 3.16. The first-order chi connectivity index (χ1) is 9.26. The monoisotopic (exact) mass is 259 g/mol. The van der Waals surface area contributed by atoms with Crippen LogP contribution in [0.1, 0.15) is 12.7 Å². The lowest BCUT2D eigenvalue weighted by molar-refractivity contribution is 0.556. The molecule has 0 spiro atoms. The third kappa shape index (κ3) is 2.31. The fourth-order valence-corrected chi connectivity index (χ4v) is 2.26. The minimum absolute atomic E-state index is 0.294. The summed E-state index contributed by atoms with van der Waals surface area (Å²) in [4.78, 5) is 15.0. The van der Waals surface area contributed by atoms with Crippen molar-refractivity contribution >= 4 is 17.6 Å². The molecule has 2 aromatic heterocycles. The summed E-state index contributed by atoms with van der Waals surface area (Å²) in [6.45, 7) is 5.38. The standard InChI is InChI=1S/C12H17N7/c1-2-14-9-7-10(17-12(13)16-9)19-6-5-18-4-3-15-11(18)8-19/h3-4,7H,2,5-6,8H2,1H3,(H3,13,14,16,17). The summed E-state index contributed by atoms with van der Waals surface area (Å²) in [5.74, 6) is 2.95. The number of nitrogens with zero attached hydrogens (tertiary/aromatic N) is 5. The number of nitrogens with two attached hydrogens (primary N) is 1. The zero-order valence-corrected chi connectivity index (χ0v) is 10.9. The Bertz CT molecular complexity index is 577. The van der Waals surface area contributed by atoms with Gasteiger partial charge >= 0.3 is 0 Å². The molecule has 0 unspecified atom stereocenters. The smallest absolute Gasteiger partial charge is 0.223 e. The Morgan fingerprint density at radius 1 is 1.37 bits per heavy atom. The molecule has 2 aromatic rings. The molecule has 0 radical (unpaired) electrons. The van der Waals surface area contributed by atoms with Crippen molar-refractivity contribution in [3.63, 3.8) is 0 Å². The predicted octanol–water partition coefficient (Wildman–Crippen LogP) is 0.707. The molecule has 3 heterocycles. The first kappa shape index (κ1) is 11.8. The molecule has 1 aliphatic rings. The fourth-order valence-electron chi connectivity index (χ4n) is 2.26. The van der Waals surface area contributed by atoms with Crippen LogP contribution in [0.4, 0.5) is 17.6 Å². The maximum absolute atomic E-state index is 5.76. The largest absolute Gasteiger partial charge is 0.370 e. The molecule has 0 aliphatic carbocycles. The van der Waals surface area contributed by atoms with Crippen LogP contribution < -0.4 is 16.0 Å². The predicted molar refractivity (Wildman–Crippen MR) is 73.9 cm³/mol. The van der Waals surface area contributed by atoms with E-state index < -0.39 is 0 Å². The summed E-state index contributed by atoms with van der Waals surface area (Å²) >= 11 is 0. The van der Waals surface area contributed by atoms with E-state index in [1.54, 1.807) is 0 Å².